The number of nitrogens with one attached hydrogen (secondary N) is 1. The van der Waals surface area contributed by atoms with Crippen molar-refractivity contribution < 1.29 is 9.18 Å². The highest BCUT2D eigenvalue weighted by Crippen LogP contribution is 2.20. The highest BCUT2D eigenvalue weighted by Gasteiger charge is 2.17. The van der Waals surface area contributed by atoms with Gasteiger partial charge in [-0.15, -0.1) is 0 Å². The molecule has 0 fully saturated rings. The number of aryl methyl sites for hydroxylation is 1. The third kappa shape index (κ3) is 2.53. The van der Waals surface area contributed by atoms with Crippen LogP contribution < -0.4 is 10.9 Å². The smallest absolute Gasteiger partial charge is 0.276 e. The average Bonchev–Trinajstić information content (AvgIpc) is 3.08. The van der Waals surface area contributed by atoms with E-state index in [9.17, 15) is 14.0 Å². The maximum atomic E-state index is 13.9. The molecular formula is C18H12ClFN4O2. The largest absolute Gasteiger partial charge is 0.318 e. The SMILES string of the molecule is Cn1c(=O)c2cc(C(=O)Nc3ccc(Cl)cc3F)nn2c2ccccc21. The van der Waals surface area contributed by atoms with Gasteiger partial charge in [-0.2, -0.15) is 5.10 Å². The fraction of sp³-hybridized carbons (Fsp3) is 0.0556. The molecule has 2 aromatic carbocycles. The van der Waals surface area contributed by atoms with Crippen molar-refractivity contribution in [2.75, 3.05) is 5.32 Å². The molecule has 0 saturated carbocycles. The molecule has 0 unspecified atom stereocenters. The molecule has 2 heterocycles. The number of halogens is 2. The highest BCUT2D eigenvalue weighted by molar-refractivity contribution is 6.30. The van der Waals surface area contributed by atoms with Crippen molar-refractivity contribution in [3.8, 4) is 0 Å². The molecule has 8 heteroatoms. The molecule has 6 nitrogen and oxygen atoms in total. The van der Waals surface area contributed by atoms with Crippen LogP contribution in [0.4, 0.5) is 10.1 Å². The number of anilines is 1. The van der Waals surface area contributed by atoms with Crippen molar-refractivity contribution in [1.82, 2.24) is 14.2 Å². The van der Waals surface area contributed by atoms with E-state index >= 15 is 0 Å². The molecule has 0 saturated heterocycles. The van der Waals surface area contributed by atoms with E-state index in [1.165, 1.54) is 27.3 Å². The van der Waals surface area contributed by atoms with Gasteiger partial charge in [-0.3, -0.25) is 9.59 Å². The molecule has 0 atom stereocenters. The van der Waals surface area contributed by atoms with Gasteiger partial charge in [0.1, 0.15) is 11.3 Å². The standard InChI is InChI=1S/C18H12ClFN4O2/c1-23-14-4-2-3-5-15(14)24-16(18(23)26)9-13(22-24)17(25)21-12-7-6-10(19)8-11(12)20/h2-9H,1H3,(H,21,25). The number of rotatable bonds is 2. The number of benzene rings is 2. The third-order valence-electron chi connectivity index (χ3n) is 4.12. The molecule has 0 bridgehead atoms. The second kappa shape index (κ2) is 5.96. The zero-order valence-corrected chi connectivity index (χ0v) is 14.3. The summed E-state index contributed by atoms with van der Waals surface area (Å²) >= 11 is 5.71. The number of hydrogen-bond donors (Lipinski definition) is 1. The van der Waals surface area contributed by atoms with E-state index < -0.39 is 11.7 Å². The van der Waals surface area contributed by atoms with Gasteiger partial charge in [0.2, 0.25) is 0 Å². The summed E-state index contributed by atoms with van der Waals surface area (Å²) in [6.07, 6.45) is 0. The van der Waals surface area contributed by atoms with Gasteiger partial charge in [0.05, 0.1) is 16.7 Å². The second-order valence-electron chi connectivity index (χ2n) is 5.76. The first-order valence-corrected chi connectivity index (χ1v) is 8.07. The molecule has 0 aliphatic heterocycles. The maximum absolute atomic E-state index is 13.9. The zero-order valence-electron chi connectivity index (χ0n) is 13.5. The first kappa shape index (κ1) is 16.3. The predicted molar refractivity (Wildman–Crippen MR) is 97.3 cm³/mol. The number of carbonyl (C=O) groups is 1. The molecule has 0 spiro atoms. The molecule has 2 aromatic heterocycles. The zero-order chi connectivity index (χ0) is 18.4. The number of carbonyl (C=O) groups excluding carboxylic acids is 1. The van der Waals surface area contributed by atoms with Crippen LogP contribution in [0.25, 0.3) is 16.6 Å². The Morgan fingerprint density at radius 2 is 1.85 bits per heavy atom. The van der Waals surface area contributed by atoms with Crippen LogP contribution in [0, 0.1) is 5.82 Å². The van der Waals surface area contributed by atoms with Gasteiger partial charge in [-0.05, 0) is 30.3 Å². The van der Waals surface area contributed by atoms with E-state index in [2.05, 4.69) is 10.4 Å². The van der Waals surface area contributed by atoms with E-state index in [1.807, 2.05) is 12.1 Å². The van der Waals surface area contributed by atoms with Gasteiger partial charge >= 0.3 is 0 Å². The van der Waals surface area contributed by atoms with Crippen LogP contribution in [0.3, 0.4) is 0 Å². The van der Waals surface area contributed by atoms with Gasteiger partial charge in [0.25, 0.3) is 11.5 Å². The fourth-order valence-electron chi connectivity index (χ4n) is 2.81. The number of nitrogens with zero attached hydrogens (tertiary/aromatic N) is 3. The van der Waals surface area contributed by atoms with Crippen molar-refractivity contribution >= 4 is 39.7 Å². The lowest BCUT2D eigenvalue weighted by atomic mass is 10.2. The molecule has 4 rings (SSSR count). The monoisotopic (exact) mass is 370 g/mol. The highest BCUT2D eigenvalue weighted by atomic mass is 35.5. The first-order chi connectivity index (χ1) is 12.5. The molecule has 1 N–H and O–H groups in total. The number of hydrogen-bond acceptors (Lipinski definition) is 3. The molecule has 4 aromatic rings. The van der Waals surface area contributed by atoms with E-state index in [0.29, 0.717) is 11.0 Å². The van der Waals surface area contributed by atoms with Gasteiger partial charge in [0, 0.05) is 18.1 Å². The predicted octanol–water partition coefficient (Wildman–Crippen LogP) is 3.23. The molecule has 130 valence electrons. The van der Waals surface area contributed by atoms with E-state index in [4.69, 9.17) is 11.6 Å². The van der Waals surface area contributed by atoms with Crippen LogP contribution in [0.5, 0.6) is 0 Å². The van der Waals surface area contributed by atoms with Crippen molar-refractivity contribution in [2.45, 2.75) is 0 Å². The van der Waals surface area contributed by atoms with Crippen LogP contribution in [0.1, 0.15) is 10.5 Å². The van der Waals surface area contributed by atoms with Gasteiger partial charge in [0.15, 0.2) is 5.69 Å². The summed E-state index contributed by atoms with van der Waals surface area (Å²) in [5, 5.41) is 6.89. The lowest BCUT2D eigenvalue weighted by Gasteiger charge is -2.06. The topological polar surface area (TPSA) is 68.4 Å². The molecule has 1 amide bonds. The summed E-state index contributed by atoms with van der Waals surface area (Å²) in [4.78, 5) is 25.0. The van der Waals surface area contributed by atoms with Crippen LogP contribution in [0.2, 0.25) is 5.02 Å². The summed E-state index contributed by atoms with van der Waals surface area (Å²) in [7, 11) is 1.65. The average molecular weight is 371 g/mol. The molecule has 0 aliphatic carbocycles. The second-order valence-corrected chi connectivity index (χ2v) is 6.19. The van der Waals surface area contributed by atoms with Crippen LogP contribution in [-0.4, -0.2) is 20.1 Å². The normalized spacial score (nSPS) is 11.2. The lowest BCUT2D eigenvalue weighted by Crippen LogP contribution is -2.19. The summed E-state index contributed by atoms with van der Waals surface area (Å²) in [5.74, 6) is -1.28. The van der Waals surface area contributed by atoms with Crippen LogP contribution >= 0.6 is 11.6 Å². The van der Waals surface area contributed by atoms with E-state index in [1.54, 1.807) is 19.2 Å². The Kier molecular flexibility index (Phi) is 3.73. The summed E-state index contributed by atoms with van der Waals surface area (Å²) < 4.78 is 16.8. The quantitative estimate of drug-likeness (QED) is 0.589. The van der Waals surface area contributed by atoms with E-state index in [0.717, 1.165) is 6.07 Å². The fourth-order valence-corrected chi connectivity index (χ4v) is 2.97. The number of aromatic nitrogens is 3. The minimum absolute atomic E-state index is 0.00723. The lowest BCUT2D eigenvalue weighted by molar-refractivity contribution is 0.102. The molecule has 0 aliphatic rings. The minimum Gasteiger partial charge on any atom is -0.318 e. The van der Waals surface area contributed by atoms with Crippen molar-refractivity contribution in [1.29, 1.82) is 0 Å². The molecule has 0 radical (unpaired) electrons. The Balaban J connectivity index is 1.82. The Hall–Kier alpha value is -3.19. The summed E-state index contributed by atoms with van der Waals surface area (Å²) in [5.41, 5.74) is 1.33. The Labute approximate surface area is 151 Å². The molecular weight excluding hydrogens is 359 g/mol. The Bertz CT molecular complexity index is 1250. The van der Waals surface area contributed by atoms with Crippen molar-refractivity contribution in [3.05, 3.63) is 75.4 Å². The third-order valence-corrected chi connectivity index (χ3v) is 4.35. The van der Waals surface area contributed by atoms with Crippen LogP contribution in [0.15, 0.2) is 53.3 Å². The van der Waals surface area contributed by atoms with Crippen molar-refractivity contribution in [3.63, 3.8) is 0 Å². The van der Waals surface area contributed by atoms with Gasteiger partial charge in [-0.25, -0.2) is 8.91 Å². The van der Waals surface area contributed by atoms with Crippen molar-refractivity contribution in [2.24, 2.45) is 7.05 Å². The van der Waals surface area contributed by atoms with Gasteiger partial charge in [-0.1, -0.05) is 23.7 Å². The Morgan fingerprint density at radius 1 is 1.12 bits per heavy atom. The number of fused-ring (bicyclic) bond motifs is 3. The summed E-state index contributed by atoms with van der Waals surface area (Å²) in [6.45, 7) is 0. The summed E-state index contributed by atoms with van der Waals surface area (Å²) in [6, 6.07) is 12.5. The first-order valence-electron chi connectivity index (χ1n) is 7.69. The minimum atomic E-state index is -0.657. The van der Waals surface area contributed by atoms with Gasteiger partial charge < -0.3 is 9.88 Å². The molecule has 26 heavy (non-hydrogen) atoms. The Morgan fingerprint density at radius 3 is 2.58 bits per heavy atom. The number of para-hydroxylation sites is 2. The van der Waals surface area contributed by atoms with E-state index in [-0.39, 0.29) is 27.5 Å². The van der Waals surface area contributed by atoms with Crippen LogP contribution in [-0.2, 0) is 7.05 Å². The number of amides is 1. The maximum Gasteiger partial charge on any atom is 0.276 e.